The van der Waals surface area contributed by atoms with E-state index in [-0.39, 0.29) is 0 Å². The van der Waals surface area contributed by atoms with Crippen molar-refractivity contribution >= 4 is 0 Å². The highest BCUT2D eigenvalue weighted by molar-refractivity contribution is 5.25. The average molecular weight is 218 g/mol. The number of aryl methyl sites for hydroxylation is 1. The first kappa shape index (κ1) is 11.6. The lowest BCUT2D eigenvalue weighted by Crippen LogP contribution is -2.40. The lowest BCUT2D eigenvalue weighted by atomic mass is 10.0. The summed E-state index contributed by atoms with van der Waals surface area (Å²) in [4.78, 5) is 2.41. The third kappa shape index (κ3) is 3.06. The largest absolute Gasteiger partial charge is 0.310 e. The third-order valence-corrected chi connectivity index (χ3v) is 3.56. The van der Waals surface area contributed by atoms with E-state index in [9.17, 15) is 0 Å². The summed E-state index contributed by atoms with van der Waals surface area (Å²) >= 11 is 0. The monoisotopic (exact) mass is 218 g/mol. The number of nitrogens with zero attached hydrogens (tertiary/aromatic N) is 1. The number of piperidine rings is 1. The second kappa shape index (κ2) is 5.46. The predicted octanol–water partition coefficient (Wildman–Crippen LogP) is 2.18. The van der Waals surface area contributed by atoms with Gasteiger partial charge in [0.2, 0.25) is 0 Å². The molecule has 1 heterocycles. The van der Waals surface area contributed by atoms with E-state index in [0.29, 0.717) is 6.04 Å². The molecule has 0 bridgehead atoms. The van der Waals surface area contributed by atoms with Crippen molar-refractivity contribution in [3.8, 4) is 0 Å². The lowest BCUT2D eigenvalue weighted by molar-refractivity contribution is 0.234. The maximum atomic E-state index is 3.67. The van der Waals surface area contributed by atoms with Gasteiger partial charge in [-0.3, -0.25) is 0 Å². The van der Waals surface area contributed by atoms with Crippen molar-refractivity contribution < 1.29 is 0 Å². The molecular formula is C14H22N2. The molecule has 1 aliphatic heterocycles. The van der Waals surface area contributed by atoms with E-state index >= 15 is 0 Å². The van der Waals surface area contributed by atoms with E-state index in [1.165, 1.54) is 37.1 Å². The Balaban J connectivity index is 1.81. The van der Waals surface area contributed by atoms with Crippen molar-refractivity contribution in [2.24, 2.45) is 0 Å². The molecule has 2 rings (SSSR count). The number of nitrogens with one attached hydrogen (secondary N) is 1. The summed E-state index contributed by atoms with van der Waals surface area (Å²) in [5, 5.41) is 3.67. The van der Waals surface area contributed by atoms with Crippen LogP contribution in [0.3, 0.4) is 0 Å². The summed E-state index contributed by atoms with van der Waals surface area (Å²) in [5.74, 6) is 0. The summed E-state index contributed by atoms with van der Waals surface area (Å²) in [6.45, 7) is 5.66. The fourth-order valence-corrected chi connectivity index (χ4v) is 2.28. The standard InChI is InChI=1S/C14H22N2/c1-12-5-3-4-6-13(12)11-15-14-7-9-16(2)10-8-14/h3-6,14-15H,7-11H2,1-2H3. The van der Waals surface area contributed by atoms with E-state index in [0.717, 1.165) is 6.54 Å². The van der Waals surface area contributed by atoms with E-state index in [4.69, 9.17) is 0 Å². The van der Waals surface area contributed by atoms with Crippen molar-refractivity contribution in [1.82, 2.24) is 10.2 Å². The van der Waals surface area contributed by atoms with Crippen molar-refractivity contribution in [3.05, 3.63) is 35.4 Å². The Morgan fingerprint density at radius 1 is 1.25 bits per heavy atom. The second-order valence-electron chi connectivity index (χ2n) is 4.88. The molecule has 0 radical (unpaired) electrons. The molecule has 88 valence electrons. The zero-order valence-electron chi connectivity index (χ0n) is 10.4. The van der Waals surface area contributed by atoms with Crippen molar-refractivity contribution in [3.63, 3.8) is 0 Å². The molecule has 1 saturated heterocycles. The molecule has 0 atom stereocenters. The highest BCUT2D eigenvalue weighted by Gasteiger charge is 2.15. The Bertz CT molecular complexity index is 327. The fourth-order valence-electron chi connectivity index (χ4n) is 2.28. The van der Waals surface area contributed by atoms with Crippen LogP contribution in [0, 0.1) is 6.92 Å². The average Bonchev–Trinajstić information content (AvgIpc) is 2.30. The van der Waals surface area contributed by atoms with Gasteiger partial charge in [0.1, 0.15) is 0 Å². The van der Waals surface area contributed by atoms with Gasteiger partial charge in [0.15, 0.2) is 0 Å². The summed E-state index contributed by atoms with van der Waals surface area (Å²) in [5.41, 5.74) is 2.82. The van der Waals surface area contributed by atoms with Crippen LogP contribution in [0.25, 0.3) is 0 Å². The Morgan fingerprint density at radius 3 is 2.62 bits per heavy atom. The minimum Gasteiger partial charge on any atom is -0.310 e. The van der Waals surface area contributed by atoms with Gasteiger partial charge >= 0.3 is 0 Å². The van der Waals surface area contributed by atoms with Crippen LogP contribution in [-0.2, 0) is 6.54 Å². The minimum absolute atomic E-state index is 0.704. The number of hydrogen-bond acceptors (Lipinski definition) is 2. The second-order valence-corrected chi connectivity index (χ2v) is 4.88. The van der Waals surface area contributed by atoms with Crippen LogP contribution >= 0.6 is 0 Å². The van der Waals surface area contributed by atoms with Gasteiger partial charge in [-0.2, -0.15) is 0 Å². The molecule has 1 N–H and O–H groups in total. The van der Waals surface area contributed by atoms with Gasteiger partial charge in [-0.15, -0.1) is 0 Å². The van der Waals surface area contributed by atoms with Crippen molar-refractivity contribution in [2.45, 2.75) is 32.4 Å². The Morgan fingerprint density at radius 2 is 1.94 bits per heavy atom. The summed E-state index contributed by atoms with van der Waals surface area (Å²) in [6, 6.07) is 9.34. The highest BCUT2D eigenvalue weighted by Crippen LogP contribution is 2.11. The third-order valence-electron chi connectivity index (χ3n) is 3.56. The number of benzene rings is 1. The van der Waals surface area contributed by atoms with Gasteiger partial charge in [-0.25, -0.2) is 0 Å². The maximum absolute atomic E-state index is 3.67. The Hall–Kier alpha value is -0.860. The zero-order valence-corrected chi connectivity index (χ0v) is 10.4. The Kier molecular flexibility index (Phi) is 3.97. The molecule has 0 spiro atoms. The lowest BCUT2D eigenvalue weighted by Gasteiger charge is -2.29. The van der Waals surface area contributed by atoms with Crippen LogP contribution in [0.2, 0.25) is 0 Å². The van der Waals surface area contributed by atoms with E-state index in [2.05, 4.69) is 48.5 Å². The van der Waals surface area contributed by atoms with Gasteiger partial charge in [-0.1, -0.05) is 24.3 Å². The molecule has 0 saturated carbocycles. The number of hydrogen-bond donors (Lipinski definition) is 1. The van der Waals surface area contributed by atoms with Gasteiger partial charge in [0.25, 0.3) is 0 Å². The van der Waals surface area contributed by atoms with Gasteiger partial charge < -0.3 is 10.2 Å². The molecule has 2 nitrogen and oxygen atoms in total. The minimum atomic E-state index is 0.704. The normalized spacial score (nSPS) is 18.9. The fraction of sp³-hybridized carbons (Fsp3) is 0.571. The van der Waals surface area contributed by atoms with Crippen LogP contribution in [0.5, 0.6) is 0 Å². The van der Waals surface area contributed by atoms with E-state index < -0.39 is 0 Å². The highest BCUT2D eigenvalue weighted by atomic mass is 15.1. The number of rotatable bonds is 3. The molecule has 0 amide bonds. The molecule has 1 fully saturated rings. The Labute approximate surface area is 98.7 Å². The number of likely N-dealkylation sites (tertiary alicyclic amines) is 1. The first-order chi connectivity index (χ1) is 7.75. The van der Waals surface area contributed by atoms with Crippen LogP contribution < -0.4 is 5.32 Å². The molecule has 1 aromatic carbocycles. The first-order valence-electron chi connectivity index (χ1n) is 6.22. The molecule has 0 aliphatic carbocycles. The predicted molar refractivity (Wildman–Crippen MR) is 68.5 cm³/mol. The zero-order chi connectivity index (χ0) is 11.4. The van der Waals surface area contributed by atoms with Crippen LogP contribution in [0.1, 0.15) is 24.0 Å². The van der Waals surface area contributed by atoms with Gasteiger partial charge in [0.05, 0.1) is 0 Å². The first-order valence-corrected chi connectivity index (χ1v) is 6.22. The molecule has 1 aromatic rings. The molecule has 1 aliphatic rings. The van der Waals surface area contributed by atoms with Crippen LogP contribution in [0.4, 0.5) is 0 Å². The maximum Gasteiger partial charge on any atom is 0.0210 e. The molecule has 16 heavy (non-hydrogen) atoms. The summed E-state index contributed by atoms with van der Waals surface area (Å²) < 4.78 is 0. The van der Waals surface area contributed by atoms with Crippen LogP contribution in [-0.4, -0.2) is 31.1 Å². The van der Waals surface area contributed by atoms with E-state index in [1.54, 1.807) is 0 Å². The SMILES string of the molecule is Cc1ccccc1CNC1CCN(C)CC1. The van der Waals surface area contributed by atoms with Crippen molar-refractivity contribution in [2.75, 3.05) is 20.1 Å². The summed E-state index contributed by atoms with van der Waals surface area (Å²) in [7, 11) is 2.21. The van der Waals surface area contributed by atoms with Gasteiger partial charge in [0, 0.05) is 12.6 Å². The quantitative estimate of drug-likeness (QED) is 0.836. The van der Waals surface area contributed by atoms with Crippen LogP contribution in [0.15, 0.2) is 24.3 Å². The molecule has 0 unspecified atom stereocenters. The summed E-state index contributed by atoms with van der Waals surface area (Å²) in [6.07, 6.45) is 2.56. The molecule has 2 heteroatoms. The molecule has 0 aromatic heterocycles. The van der Waals surface area contributed by atoms with Gasteiger partial charge in [-0.05, 0) is 51.0 Å². The van der Waals surface area contributed by atoms with E-state index in [1.807, 2.05) is 0 Å². The van der Waals surface area contributed by atoms with Crippen molar-refractivity contribution in [1.29, 1.82) is 0 Å². The smallest absolute Gasteiger partial charge is 0.0210 e. The molecular weight excluding hydrogens is 196 g/mol. The topological polar surface area (TPSA) is 15.3 Å².